The number of nitrogens with one attached hydrogen (secondary N) is 1. The van der Waals surface area contributed by atoms with Gasteiger partial charge in [0.25, 0.3) is 11.8 Å². The fourth-order valence-corrected chi connectivity index (χ4v) is 4.35. The number of halogens is 2. The van der Waals surface area contributed by atoms with E-state index in [2.05, 4.69) is 30.4 Å². The Balaban J connectivity index is 1.28. The van der Waals surface area contributed by atoms with Crippen LogP contribution in [0.25, 0.3) is 10.8 Å². The van der Waals surface area contributed by atoms with Gasteiger partial charge in [0.15, 0.2) is 5.82 Å². The molecular formula is C25H27F2N9O2. The van der Waals surface area contributed by atoms with Crippen molar-refractivity contribution in [2.75, 3.05) is 30.8 Å². The topological polar surface area (TPSA) is 137 Å². The smallest absolute Gasteiger partial charge is 0.291 e. The number of alkyl halides is 2. The number of aromatic nitrogens is 6. The van der Waals surface area contributed by atoms with Crippen molar-refractivity contribution in [2.45, 2.75) is 39.0 Å². The van der Waals surface area contributed by atoms with E-state index in [4.69, 9.17) is 10.5 Å². The van der Waals surface area contributed by atoms with E-state index >= 15 is 0 Å². The number of aryl methyl sites for hydroxylation is 1. The van der Waals surface area contributed by atoms with Gasteiger partial charge in [0.05, 0.1) is 13.1 Å². The molecule has 0 unspecified atom stereocenters. The monoisotopic (exact) mass is 523 g/mol. The lowest BCUT2D eigenvalue weighted by Crippen LogP contribution is -2.26. The Bertz CT molecular complexity index is 1470. The van der Waals surface area contributed by atoms with Gasteiger partial charge in [0, 0.05) is 56.2 Å². The summed E-state index contributed by atoms with van der Waals surface area (Å²) in [7, 11) is 1.52. The molecule has 5 rings (SSSR count). The van der Waals surface area contributed by atoms with Gasteiger partial charge >= 0.3 is 0 Å². The number of carbonyl (C=O) groups excluding carboxylic acids is 1. The summed E-state index contributed by atoms with van der Waals surface area (Å²) in [6.07, 6.45) is 4.55. The zero-order valence-electron chi connectivity index (χ0n) is 21.0. The van der Waals surface area contributed by atoms with Gasteiger partial charge in [-0.1, -0.05) is 0 Å². The van der Waals surface area contributed by atoms with Crippen molar-refractivity contribution in [3.05, 3.63) is 65.1 Å². The average molecular weight is 524 g/mol. The number of hydrogen-bond donors (Lipinski definition) is 2. The van der Waals surface area contributed by atoms with Gasteiger partial charge in [-0.25, -0.2) is 33.4 Å². The zero-order chi connectivity index (χ0) is 26.9. The molecule has 1 fully saturated rings. The third kappa shape index (κ3) is 5.37. The van der Waals surface area contributed by atoms with Crippen LogP contribution in [0.1, 0.15) is 39.6 Å². The number of nitrogens with two attached hydrogens (primary N) is 1. The summed E-state index contributed by atoms with van der Waals surface area (Å²) in [4.78, 5) is 31.3. The SMILES string of the molecule is COCc1nc(C(=O)NCc2cc3ccnc(N)c3cc2C)nn1Cc1cnc(N2CCC(F)(F)C2)nc1. The number of nitrogens with zero attached hydrogens (tertiary/aromatic N) is 7. The number of methoxy groups -OCH3 is 1. The Labute approximate surface area is 217 Å². The number of nitrogen functional groups attached to an aromatic ring is 1. The summed E-state index contributed by atoms with van der Waals surface area (Å²) in [5.41, 5.74) is 8.54. The first kappa shape index (κ1) is 25.4. The molecule has 1 aliphatic heterocycles. The van der Waals surface area contributed by atoms with Crippen LogP contribution in [0.15, 0.2) is 36.8 Å². The van der Waals surface area contributed by atoms with Gasteiger partial charge in [0.1, 0.15) is 12.4 Å². The van der Waals surface area contributed by atoms with Crippen molar-refractivity contribution in [1.29, 1.82) is 0 Å². The lowest BCUT2D eigenvalue weighted by molar-refractivity contribution is 0.0256. The minimum absolute atomic E-state index is 0.000716. The second-order valence-electron chi connectivity index (χ2n) is 9.24. The summed E-state index contributed by atoms with van der Waals surface area (Å²) in [6, 6.07) is 5.79. The lowest BCUT2D eigenvalue weighted by Gasteiger charge is -2.15. The van der Waals surface area contributed by atoms with Crippen LogP contribution >= 0.6 is 0 Å². The second kappa shape index (κ2) is 10.2. The molecule has 1 amide bonds. The number of carbonyl (C=O) groups is 1. The van der Waals surface area contributed by atoms with Gasteiger partial charge in [-0.15, -0.1) is 5.10 Å². The molecule has 1 aromatic carbocycles. The summed E-state index contributed by atoms with van der Waals surface area (Å²) in [6.45, 7) is 2.41. The molecule has 0 atom stereocenters. The number of hydrogen-bond acceptors (Lipinski definition) is 9. The largest absolute Gasteiger partial charge is 0.383 e. The van der Waals surface area contributed by atoms with Crippen LogP contribution in [-0.2, 0) is 24.4 Å². The van der Waals surface area contributed by atoms with Gasteiger partial charge in [0.2, 0.25) is 11.8 Å². The highest BCUT2D eigenvalue weighted by Gasteiger charge is 2.39. The van der Waals surface area contributed by atoms with Crippen LogP contribution in [0.3, 0.4) is 0 Å². The number of amides is 1. The standard InChI is InChI=1S/C25H27F2N9O2/c1-15-7-19-17(3-5-29-21(19)28)8-18(15)11-30-23(37)22-33-20(13-38-2)36(34-22)12-16-9-31-24(32-10-16)35-6-4-25(26,27)14-35/h3,5,7-10H,4,6,11-14H2,1-2H3,(H2,28,29)(H,30,37). The summed E-state index contributed by atoms with van der Waals surface area (Å²) in [5.74, 6) is -2.00. The molecule has 198 valence electrons. The van der Waals surface area contributed by atoms with Crippen LogP contribution in [-0.4, -0.2) is 61.7 Å². The van der Waals surface area contributed by atoms with Gasteiger partial charge in [-0.05, 0) is 41.6 Å². The fraction of sp³-hybridized carbons (Fsp3) is 0.360. The van der Waals surface area contributed by atoms with Crippen LogP contribution in [0.5, 0.6) is 0 Å². The highest BCUT2D eigenvalue weighted by molar-refractivity contribution is 5.92. The molecule has 0 spiro atoms. The highest BCUT2D eigenvalue weighted by atomic mass is 19.3. The Kier molecular flexibility index (Phi) is 6.85. The van der Waals surface area contributed by atoms with E-state index in [1.807, 2.05) is 25.1 Å². The molecule has 38 heavy (non-hydrogen) atoms. The van der Waals surface area contributed by atoms with E-state index in [1.54, 1.807) is 18.6 Å². The van der Waals surface area contributed by atoms with E-state index in [1.165, 1.54) is 16.7 Å². The molecule has 0 aliphatic carbocycles. The second-order valence-corrected chi connectivity index (χ2v) is 9.24. The van der Waals surface area contributed by atoms with Crippen molar-refractivity contribution < 1.29 is 18.3 Å². The van der Waals surface area contributed by atoms with E-state index in [-0.39, 0.29) is 44.4 Å². The van der Waals surface area contributed by atoms with Gasteiger partial charge < -0.3 is 20.7 Å². The van der Waals surface area contributed by atoms with Crippen LogP contribution in [0.2, 0.25) is 0 Å². The lowest BCUT2D eigenvalue weighted by atomic mass is 10.0. The molecule has 4 aromatic rings. The molecular weight excluding hydrogens is 496 g/mol. The molecule has 0 bridgehead atoms. The molecule has 4 heterocycles. The van der Waals surface area contributed by atoms with Crippen LogP contribution < -0.4 is 16.0 Å². The van der Waals surface area contributed by atoms with Crippen LogP contribution in [0.4, 0.5) is 20.5 Å². The Morgan fingerprint density at radius 2 is 2.03 bits per heavy atom. The molecule has 0 radical (unpaired) electrons. The van der Waals surface area contributed by atoms with Crippen LogP contribution in [0, 0.1) is 6.92 Å². The van der Waals surface area contributed by atoms with Crippen molar-refractivity contribution in [1.82, 2.24) is 35.0 Å². The average Bonchev–Trinajstić information content (AvgIpc) is 3.46. The first-order chi connectivity index (χ1) is 18.2. The Hall–Kier alpha value is -4.26. The normalized spacial score (nSPS) is 14.8. The van der Waals surface area contributed by atoms with E-state index in [9.17, 15) is 13.6 Å². The Morgan fingerprint density at radius 3 is 2.74 bits per heavy atom. The first-order valence-corrected chi connectivity index (χ1v) is 12.0. The van der Waals surface area contributed by atoms with E-state index in [0.717, 1.165) is 21.9 Å². The van der Waals surface area contributed by atoms with Crippen molar-refractivity contribution >= 4 is 28.4 Å². The molecule has 11 nitrogen and oxygen atoms in total. The molecule has 13 heteroatoms. The molecule has 3 aromatic heterocycles. The maximum Gasteiger partial charge on any atom is 0.291 e. The maximum absolute atomic E-state index is 13.5. The number of anilines is 2. The number of benzene rings is 1. The fourth-order valence-electron chi connectivity index (χ4n) is 4.35. The minimum atomic E-state index is -2.73. The number of fused-ring (bicyclic) bond motifs is 1. The molecule has 0 saturated carbocycles. The zero-order valence-corrected chi connectivity index (χ0v) is 21.0. The third-order valence-corrected chi connectivity index (χ3v) is 6.39. The van der Waals surface area contributed by atoms with Crippen molar-refractivity contribution in [3.8, 4) is 0 Å². The number of pyridine rings is 1. The maximum atomic E-state index is 13.5. The molecule has 1 aliphatic rings. The quantitative estimate of drug-likeness (QED) is 0.357. The molecule has 1 saturated heterocycles. The third-order valence-electron chi connectivity index (χ3n) is 6.39. The number of ether oxygens (including phenoxy) is 1. The Morgan fingerprint density at radius 1 is 1.24 bits per heavy atom. The van der Waals surface area contributed by atoms with E-state index < -0.39 is 18.4 Å². The summed E-state index contributed by atoms with van der Waals surface area (Å²) >= 11 is 0. The van der Waals surface area contributed by atoms with E-state index in [0.29, 0.717) is 17.2 Å². The highest BCUT2D eigenvalue weighted by Crippen LogP contribution is 2.29. The summed E-state index contributed by atoms with van der Waals surface area (Å²) in [5, 5.41) is 9.03. The van der Waals surface area contributed by atoms with Crippen molar-refractivity contribution in [3.63, 3.8) is 0 Å². The number of rotatable bonds is 8. The predicted molar refractivity (Wildman–Crippen MR) is 136 cm³/mol. The predicted octanol–water partition coefficient (Wildman–Crippen LogP) is 2.48. The summed E-state index contributed by atoms with van der Waals surface area (Å²) < 4.78 is 33.8. The molecule has 3 N–H and O–H groups in total. The van der Waals surface area contributed by atoms with Crippen molar-refractivity contribution in [2.24, 2.45) is 0 Å². The van der Waals surface area contributed by atoms with Gasteiger partial charge in [-0.3, -0.25) is 4.79 Å². The first-order valence-electron chi connectivity index (χ1n) is 12.0. The van der Waals surface area contributed by atoms with Gasteiger partial charge in [-0.2, -0.15) is 0 Å². The minimum Gasteiger partial charge on any atom is -0.383 e.